The van der Waals surface area contributed by atoms with Gasteiger partial charge in [0.1, 0.15) is 23.7 Å². The molecule has 3 aromatic heterocycles. The molecule has 2 saturated heterocycles. The molecule has 0 bridgehead atoms. The number of ether oxygens (including phenoxy) is 1. The summed E-state index contributed by atoms with van der Waals surface area (Å²) in [5.74, 6) is 0.984. The van der Waals surface area contributed by atoms with E-state index >= 15 is 0 Å². The number of pyridine rings is 1. The highest BCUT2D eigenvalue weighted by molar-refractivity contribution is 5.89. The normalized spacial score (nSPS) is 17.3. The SMILES string of the molecule is CNC(=O)N[C@@H](C(=O)N1CCC[C@H]1c1nc(-c2ccc3nc(-c4ccc(-c5cnc([C@@H]6CCCN6C(=O)[C@@H](NC(=O)OC)C(C)C)[nH]5)cc4)ccc3c2)c[nH]1)c1ccccc1. The maximum Gasteiger partial charge on any atom is 0.407 e. The fourth-order valence-corrected chi connectivity index (χ4v) is 8.38. The lowest BCUT2D eigenvalue weighted by Gasteiger charge is -2.30. The van der Waals surface area contributed by atoms with Gasteiger partial charge in [0.2, 0.25) is 11.8 Å². The van der Waals surface area contributed by atoms with Crippen LogP contribution in [0.3, 0.4) is 0 Å². The van der Waals surface area contributed by atoms with Crippen LogP contribution in [-0.2, 0) is 14.3 Å². The van der Waals surface area contributed by atoms with E-state index in [1.807, 2.05) is 97.7 Å². The first-order valence-electron chi connectivity index (χ1n) is 20.7. The molecule has 0 unspecified atom stereocenters. The first-order valence-corrected chi connectivity index (χ1v) is 20.7. The van der Waals surface area contributed by atoms with Crippen LogP contribution < -0.4 is 16.0 Å². The fraction of sp³-hybridized carbons (Fsp3) is 0.326. The molecule has 0 spiro atoms. The molecule has 2 fully saturated rings. The Balaban J connectivity index is 0.943. The van der Waals surface area contributed by atoms with E-state index in [0.717, 1.165) is 70.4 Å². The van der Waals surface area contributed by atoms with Crippen molar-refractivity contribution in [2.45, 2.75) is 63.7 Å². The number of H-pyrrole nitrogens is 2. The van der Waals surface area contributed by atoms with Crippen molar-refractivity contribution in [1.82, 2.24) is 50.7 Å². The van der Waals surface area contributed by atoms with Gasteiger partial charge in [-0.25, -0.2) is 24.5 Å². The molecule has 5 heterocycles. The van der Waals surface area contributed by atoms with Crippen LogP contribution in [-0.4, -0.2) is 91.9 Å². The number of benzene rings is 3. The second kappa shape index (κ2) is 17.7. The lowest BCUT2D eigenvalue weighted by Crippen LogP contribution is -2.51. The average Bonchev–Trinajstić information content (AvgIpc) is 4.14. The van der Waals surface area contributed by atoms with Crippen LogP contribution in [0.15, 0.2) is 97.3 Å². The number of urea groups is 1. The molecule has 61 heavy (non-hydrogen) atoms. The molecule has 4 atom stereocenters. The van der Waals surface area contributed by atoms with Gasteiger partial charge in [-0.05, 0) is 60.9 Å². The molecular formula is C46H50N10O5. The van der Waals surface area contributed by atoms with E-state index in [9.17, 15) is 19.2 Å². The van der Waals surface area contributed by atoms with Gasteiger partial charge in [0, 0.05) is 42.8 Å². The quantitative estimate of drug-likeness (QED) is 0.0918. The fourth-order valence-electron chi connectivity index (χ4n) is 8.38. The van der Waals surface area contributed by atoms with E-state index in [1.165, 1.54) is 14.2 Å². The van der Waals surface area contributed by atoms with Crippen molar-refractivity contribution < 1.29 is 23.9 Å². The number of alkyl carbamates (subject to hydrolysis) is 1. The lowest BCUT2D eigenvalue weighted by atomic mass is 10.0. The molecule has 8 rings (SSSR count). The molecule has 0 saturated carbocycles. The number of carbonyl (C=O) groups is 4. The predicted molar refractivity (Wildman–Crippen MR) is 231 cm³/mol. The molecule has 314 valence electrons. The zero-order valence-electron chi connectivity index (χ0n) is 34.6. The molecule has 2 aliphatic heterocycles. The average molecular weight is 823 g/mol. The number of nitrogens with one attached hydrogen (secondary N) is 5. The van der Waals surface area contributed by atoms with Crippen molar-refractivity contribution in [1.29, 1.82) is 0 Å². The highest BCUT2D eigenvalue weighted by Crippen LogP contribution is 2.36. The Morgan fingerprint density at radius 3 is 2.16 bits per heavy atom. The van der Waals surface area contributed by atoms with Crippen molar-refractivity contribution in [3.8, 4) is 33.8 Å². The zero-order valence-corrected chi connectivity index (χ0v) is 34.6. The maximum atomic E-state index is 14.0. The van der Waals surface area contributed by atoms with Crippen molar-refractivity contribution in [3.63, 3.8) is 0 Å². The van der Waals surface area contributed by atoms with Crippen LogP contribution >= 0.6 is 0 Å². The smallest absolute Gasteiger partial charge is 0.407 e. The van der Waals surface area contributed by atoms with Gasteiger partial charge in [0.05, 0.1) is 48.0 Å². The molecule has 2 aliphatic rings. The van der Waals surface area contributed by atoms with Crippen molar-refractivity contribution in [2.24, 2.45) is 5.92 Å². The molecule has 0 radical (unpaired) electrons. The Morgan fingerprint density at radius 1 is 0.770 bits per heavy atom. The molecule has 6 aromatic rings. The predicted octanol–water partition coefficient (Wildman–Crippen LogP) is 7.06. The monoisotopic (exact) mass is 822 g/mol. The van der Waals surface area contributed by atoms with Gasteiger partial charge in [-0.15, -0.1) is 0 Å². The van der Waals surface area contributed by atoms with Gasteiger partial charge in [-0.3, -0.25) is 9.59 Å². The summed E-state index contributed by atoms with van der Waals surface area (Å²) < 4.78 is 4.76. The van der Waals surface area contributed by atoms with Gasteiger partial charge in [-0.2, -0.15) is 0 Å². The van der Waals surface area contributed by atoms with Crippen LogP contribution in [0.2, 0.25) is 0 Å². The first kappa shape index (κ1) is 40.7. The minimum absolute atomic E-state index is 0.111. The molecule has 15 heteroatoms. The number of likely N-dealkylation sites (tertiary alicyclic amines) is 2. The number of amides is 5. The zero-order chi connectivity index (χ0) is 42.6. The van der Waals surface area contributed by atoms with Gasteiger partial charge in [0.25, 0.3) is 0 Å². The highest BCUT2D eigenvalue weighted by atomic mass is 16.5. The largest absolute Gasteiger partial charge is 0.453 e. The van der Waals surface area contributed by atoms with E-state index in [0.29, 0.717) is 30.3 Å². The summed E-state index contributed by atoms with van der Waals surface area (Å²) in [6, 6.07) is 25.1. The minimum atomic E-state index is -0.826. The number of imidazole rings is 2. The number of hydrogen-bond donors (Lipinski definition) is 5. The summed E-state index contributed by atoms with van der Waals surface area (Å²) in [6.07, 6.45) is 6.24. The molecule has 5 amide bonds. The molecule has 15 nitrogen and oxygen atoms in total. The number of aromatic nitrogens is 5. The first-order chi connectivity index (χ1) is 29.6. The van der Waals surface area contributed by atoms with Crippen molar-refractivity contribution >= 4 is 34.8 Å². The van der Waals surface area contributed by atoms with Crippen LogP contribution in [0.4, 0.5) is 9.59 Å². The van der Waals surface area contributed by atoms with Gasteiger partial charge < -0.3 is 40.5 Å². The third-order valence-corrected chi connectivity index (χ3v) is 11.6. The lowest BCUT2D eigenvalue weighted by molar-refractivity contribution is -0.135. The van der Waals surface area contributed by atoms with Crippen LogP contribution in [0.5, 0.6) is 0 Å². The molecule has 5 N–H and O–H groups in total. The number of nitrogens with zero attached hydrogens (tertiary/aromatic N) is 5. The molecular weight excluding hydrogens is 773 g/mol. The Kier molecular flexibility index (Phi) is 11.8. The standard InChI is InChI=1S/C46H50N10O5/c1-27(2)39(54-46(60)61-4)43(57)55-22-8-12-37(55)41-48-25-35(51-41)29-16-14-28(15-17-29)33-20-18-31-24-32(19-21-34(31)50-33)36-26-49-42(52-36)38-13-9-23-56(38)44(58)40(53-45(59)47-3)30-10-6-5-7-11-30/h5-7,10-11,14-21,24-27,37-40H,8-9,12-13,22-23H2,1-4H3,(H,48,51)(H,49,52)(H,54,60)(H2,47,53,59)/t37-,38-,39-,40+/m0/s1. The summed E-state index contributed by atoms with van der Waals surface area (Å²) >= 11 is 0. The second-order valence-electron chi connectivity index (χ2n) is 15.8. The Morgan fingerprint density at radius 2 is 1.46 bits per heavy atom. The van der Waals surface area contributed by atoms with E-state index in [1.54, 1.807) is 11.1 Å². The highest BCUT2D eigenvalue weighted by Gasteiger charge is 2.38. The number of carbonyl (C=O) groups excluding carboxylic acids is 4. The molecule has 0 aliphatic carbocycles. The Bertz CT molecular complexity index is 2530. The maximum absolute atomic E-state index is 14.0. The van der Waals surface area contributed by atoms with Gasteiger partial charge in [-0.1, -0.05) is 80.6 Å². The van der Waals surface area contributed by atoms with Crippen LogP contribution in [0.1, 0.15) is 74.9 Å². The summed E-state index contributed by atoms with van der Waals surface area (Å²) in [6.45, 7) is 4.95. The summed E-state index contributed by atoms with van der Waals surface area (Å²) in [7, 11) is 2.82. The van der Waals surface area contributed by atoms with E-state index < -0.39 is 24.2 Å². The van der Waals surface area contributed by atoms with Crippen LogP contribution in [0, 0.1) is 5.92 Å². The summed E-state index contributed by atoms with van der Waals surface area (Å²) in [5, 5.41) is 9.05. The minimum Gasteiger partial charge on any atom is -0.453 e. The number of rotatable bonds is 11. The van der Waals surface area contributed by atoms with E-state index in [-0.39, 0.29) is 29.8 Å². The van der Waals surface area contributed by atoms with E-state index in [4.69, 9.17) is 14.7 Å². The Hall–Kier alpha value is -7.03. The van der Waals surface area contributed by atoms with Crippen molar-refractivity contribution in [3.05, 3.63) is 115 Å². The second-order valence-corrected chi connectivity index (χ2v) is 15.8. The third kappa shape index (κ3) is 8.54. The van der Waals surface area contributed by atoms with Gasteiger partial charge in [0.15, 0.2) is 0 Å². The Labute approximate surface area is 353 Å². The summed E-state index contributed by atoms with van der Waals surface area (Å²) in [5.41, 5.74) is 6.86. The number of hydrogen-bond acceptors (Lipinski definition) is 8. The third-order valence-electron chi connectivity index (χ3n) is 11.6. The summed E-state index contributed by atoms with van der Waals surface area (Å²) in [4.78, 5) is 76.9. The van der Waals surface area contributed by atoms with Crippen LogP contribution in [0.25, 0.3) is 44.7 Å². The van der Waals surface area contributed by atoms with Gasteiger partial charge >= 0.3 is 12.1 Å². The topological polar surface area (TPSA) is 190 Å². The number of methoxy groups -OCH3 is 1. The number of aromatic amines is 2. The number of fused-ring (bicyclic) bond motifs is 1. The molecule has 3 aromatic carbocycles. The van der Waals surface area contributed by atoms with Crippen molar-refractivity contribution in [2.75, 3.05) is 27.2 Å². The van der Waals surface area contributed by atoms with E-state index in [2.05, 4.69) is 43.0 Å².